The van der Waals surface area contributed by atoms with Gasteiger partial charge in [-0.1, -0.05) is 46.8 Å². The molecule has 2 aromatic carbocycles. The third-order valence-corrected chi connectivity index (χ3v) is 9.02. The summed E-state index contributed by atoms with van der Waals surface area (Å²) in [6.07, 6.45) is 0.399. The molecule has 0 aliphatic heterocycles. The van der Waals surface area contributed by atoms with Crippen LogP contribution in [0, 0.1) is 5.92 Å². The molecular formula is C32H49N5O7S. The predicted molar refractivity (Wildman–Crippen MR) is 173 cm³/mol. The van der Waals surface area contributed by atoms with Gasteiger partial charge in [-0.15, -0.1) is 0 Å². The first-order valence-corrected chi connectivity index (χ1v) is 16.8. The van der Waals surface area contributed by atoms with Crippen molar-refractivity contribution in [2.75, 3.05) is 40.3 Å². The van der Waals surface area contributed by atoms with E-state index in [1.807, 2.05) is 20.8 Å². The van der Waals surface area contributed by atoms with Gasteiger partial charge in [-0.2, -0.15) is 0 Å². The third-order valence-electron chi connectivity index (χ3n) is 7.22. The Morgan fingerprint density at radius 1 is 0.911 bits per heavy atom. The monoisotopic (exact) mass is 647 g/mol. The molecule has 0 bridgehead atoms. The minimum atomic E-state index is -4.01. The molecule has 4 N–H and O–H groups in total. The quantitative estimate of drug-likeness (QED) is 0.191. The number of benzene rings is 2. The molecule has 250 valence electrons. The van der Waals surface area contributed by atoms with Gasteiger partial charge in [-0.05, 0) is 55.2 Å². The molecule has 0 saturated carbocycles. The fraction of sp³-hybridized carbons (Fsp3) is 0.531. The lowest BCUT2D eigenvalue weighted by Crippen LogP contribution is -2.53. The van der Waals surface area contributed by atoms with E-state index in [2.05, 4.69) is 10.7 Å². The molecule has 3 amide bonds. The molecule has 2 rings (SSSR count). The maximum Gasteiger partial charge on any atom is 0.253 e. The smallest absolute Gasteiger partial charge is 0.253 e. The number of nitrogens with zero attached hydrogens (tertiary/aromatic N) is 3. The van der Waals surface area contributed by atoms with Crippen molar-refractivity contribution in [3.63, 3.8) is 0 Å². The largest absolute Gasteiger partial charge is 0.508 e. The Bertz CT molecular complexity index is 1390. The van der Waals surface area contributed by atoms with Gasteiger partial charge >= 0.3 is 0 Å². The van der Waals surface area contributed by atoms with Crippen LogP contribution >= 0.6 is 0 Å². The van der Waals surface area contributed by atoms with E-state index in [-0.39, 0.29) is 52.5 Å². The number of aliphatic hydroxyl groups excluding tert-OH is 1. The van der Waals surface area contributed by atoms with Crippen LogP contribution in [0.4, 0.5) is 0 Å². The first-order valence-electron chi connectivity index (χ1n) is 15.3. The van der Waals surface area contributed by atoms with Crippen LogP contribution in [-0.4, -0.2) is 103 Å². The van der Waals surface area contributed by atoms with Crippen LogP contribution in [0.3, 0.4) is 0 Å². The van der Waals surface area contributed by atoms with Crippen molar-refractivity contribution < 1.29 is 33.0 Å². The van der Waals surface area contributed by atoms with Crippen molar-refractivity contribution in [2.24, 2.45) is 5.92 Å². The molecule has 0 aliphatic carbocycles. The van der Waals surface area contributed by atoms with Crippen molar-refractivity contribution in [3.8, 4) is 5.75 Å². The maximum absolute atomic E-state index is 13.8. The van der Waals surface area contributed by atoms with Gasteiger partial charge in [-0.25, -0.2) is 17.7 Å². The number of hydrazine groups is 1. The molecule has 0 aromatic heterocycles. The molecule has 2 unspecified atom stereocenters. The van der Waals surface area contributed by atoms with Crippen LogP contribution < -0.4 is 10.7 Å². The zero-order chi connectivity index (χ0) is 33.9. The summed E-state index contributed by atoms with van der Waals surface area (Å²) < 4.78 is 27.3. The van der Waals surface area contributed by atoms with E-state index in [1.165, 1.54) is 44.4 Å². The van der Waals surface area contributed by atoms with Crippen LogP contribution in [0.1, 0.15) is 73.7 Å². The number of aromatic hydroxyl groups is 1. The Morgan fingerprint density at radius 3 is 2.00 bits per heavy atom. The lowest BCUT2D eigenvalue weighted by atomic mass is 9.99. The Hall–Kier alpha value is -3.52. The highest BCUT2D eigenvalue weighted by Gasteiger charge is 2.28. The van der Waals surface area contributed by atoms with E-state index in [4.69, 9.17) is 0 Å². The fourth-order valence-corrected chi connectivity index (χ4v) is 5.54. The van der Waals surface area contributed by atoms with Gasteiger partial charge < -0.3 is 20.4 Å². The molecule has 0 heterocycles. The van der Waals surface area contributed by atoms with Crippen molar-refractivity contribution in [2.45, 2.75) is 70.9 Å². The first-order chi connectivity index (χ1) is 21.1. The highest BCUT2D eigenvalue weighted by atomic mass is 32.2. The summed E-state index contributed by atoms with van der Waals surface area (Å²) in [7, 11) is -1.28. The molecule has 45 heavy (non-hydrogen) atoms. The maximum atomic E-state index is 13.8. The first kappa shape index (κ1) is 37.7. The van der Waals surface area contributed by atoms with Gasteiger partial charge in [0.1, 0.15) is 5.75 Å². The number of carbonyl (C=O) groups is 3. The average molecular weight is 648 g/mol. The normalized spacial score (nSPS) is 13.1. The summed E-state index contributed by atoms with van der Waals surface area (Å²) in [6, 6.07) is 9.30. The molecule has 0 saturated heterocycles. The minimum Gasteiger partial charge on any atom is -0.508 e. The number of aliphatic hydroxyl groups is 1. The van der Waals surface area contributed by atoms with Crippen LogP contribution in [0.25, 0.3) is 0 Å². The van der Waals surface area contributed by atoms with Crippen LogP contribution in [-0.2, 0) is 21.2 Å². The van der Waals surface area contributed by atoms with Crippen LogP contribution in [0.5, 0.6) is 5.75 Å². The summed E-state index contributed by atoms with van der Waals surface area (Å²) in [5.74, 6) is -1.51. The number of nitrogens with one attached hydrogen (secondary N) is 2. The Labute approximate surface area is 267 Å². The van der Waals surface area contributed by atoms with Gasteiger partial charge in [0.05, 0.1) is 17.0 Å². The molecule has 13 heteroatoms. The number of likely N-dealkylation sites (N-methyl/N-ethyl adjacent to an activating group) is 1. The van der Waals surface area contributed by atoms with E-state index in [0.717, 1.165) is 4.31 Å². The number of phenolic OH excluding ortho intramolecular Hbond substituents is 1. The molecule has 0 radical (unpaired) electrons. The SMILES string of the molecule is CCCN(CCC)C(=O)c1cc(C(=O)NC(Cc2ccc(O)cc2)C(O)CN(CC)NC(=O)C(C)C)cc(S(=O)(=O)N(C)C)c1. The lowest BCUT2D eigenvalue weighted by molar-refractivity contribution is -0.129. The van der Waals surface area contributed by atoms with Crippen LogP contribution in [0.15, 0.2) is 47.4 Å². The van der Waals surface area contributed by atoms with Gasteiger partial charge in [0.2, 0.25) is 15.9 Å². The third kappa shape index (κ3) is 10.8. The Morgan fingerprint density at radius 2 is 1.49 bits per heavy atom. The Balaban J connectivity index is 2.53. The number of carbonyl (C=O) groups excluding carboxylic acids is 3. The van der Waals surface area contributed by atoms with Gasteiger partial charge in [0.25, 0.3) is 11.8 Å². The number of phenols is 1. The summed E-state index contributed by atoms with van der Waals surface area (Å²) in [5.41, 5.74) is 3.48. The number of amides is 3. The second-order valence-corrected chi connectivity index (χ2v) is 13.7. The predicted octanol–water partition coefficient (Wildman–Crippen LogP) is 2.62. The molecule has 0 aliphatic rings. The van der Waals surface area contributed by atoms with Crippen molar-refractivity contribution in [3.05, 3.63) is 59.2 Å². The minimum absolute atomic E-state index is 0.0141. The van der Waals surface area contributed by atoms with E-state index in [1.54, 1.807) is 35.9 Å². The standard InChI is InChI=1S/C32H49N5O7S/c1-8-15-36(16-9-2)32(42)25-18-24(19-27(20-25)45(43,44)35(6)7)31(41)33-28(17-23-11-13-26(38)14-12-23)29(39)21-37(10-3)34-30(40)22(4)5/h11-14,18-20,22,28-29,38-39H,8-10,15-17,21H2,1-7H3,(H,33,41)(H,34,40). The van der Waals surface area contributed by atoms with Gasteiger partial charge in [0, 0.05) is 57.3 Å². The van der Waals surface area contributed by atoms with E-state index in [9.17, 15) is 33.0 Å². The zero-order valence-electron chi connectivity index (χ0n) is 27.4. The van der Waals surface area contributed by atoms with Crippen molar-refractivity contribution in [1.29, 1.82) is 0 Å². The summed E-state index contributed by atoms with van der Waals surface area (Å²) in [5, 5.41) is 25.5. The summed E-state index contributed by atoms with van der Waals surface area (Å²) in [6.45, 7) is 10.5. The fourth-order valence-electron chi connectivity index (χ4n) is 4.56. The number of hydrogen-bond acceptors (Lipinski definition) is 8. The highest BCUT2D eigenvalue weighted by Crippen LogP contribution is 2.21. The molecule has 12 nitrogen and oxygen atoms in total. The van der Waals surface area contributed by atoms with E-state index < -0.39 is 28.1 Å². The van der Waals surface area contributed by atoms with Crippen LogP contribution in [0.2, 0.25) is 0 Å². The molecule has 2 aromatic rings. The number of hydrogen-bond donors (Lipinski definition) is 4. The molecule has 0 fully saturated rings. The van der Waals surface area contributed by atoms with E-state index in [0.29, 0.717) is 38.0 Å². The number of rotatable bonds is 17. The molecule has 0 spiro atoms. The summed E-state index contributed by atoms with van der Waals surface area (Å²) in [4.78, 5) is 41.1. The molecular weight excluding hydrogens is 598 g/mol. The van der Waals surface area contributed by atoms with E-state index >= 15 is 0 Å². The summed E-state index contributed by atoms with van der Waals surface area (Å²) >= 11 is 0. The van der Waals surface area contributed by atoms with Gasteiger partial charge in [0.15, 0.2) is 0 Å². The van der Waals surface area contributed by atoms with Gasteiger partial charge in [-0.3, -0.25) is 19.8 Å². The molecule has 2 atom stereocenters. The second-order valence-electron chi connectivity index (χ2n) is 11.5. The van der Waals surface area contributed by atoms with Crippen molar-refractivity contribution >= 4 is 27.7 Å². The lowest BCUT2D eigenvalue weighted by Gasteiger charge is -2.30. The average Bonchev–Trinajstić information content (AvgIpc) is 3.00. The topological polar surface area (TPSA) is 160 Å². The number of sulfonamides is 1. The second kappa shape index (κ2) is 17.2. The highest BCUT2D eigenvalue weighted by molar-refractivity contribution is 7.89. The zero-order valence-corrected chi connectivity index (χ0v) is 28.2. The Kier molecular flexibility index (Phi) is 14.4. The van der Waals surface area contributed by atoms with Crippen molar-refractivity contribution in [1.82, 2.24) is 25.0 Å².